The van der Waals surface area contributed by atoms with Gasteiger partial charge in [0.2, 0.25) is 0 Å². The number of ketones is 1. The summed E-state index contributed by atoms with van der Waals surface area (Å²) in [6.45, 7) is 10.4. The van der Waals surface area contributed by atoms with Gasteiger partial charge >= 0.3 is 0 Å². The van der Waals surface area contributed by atoms with Crippen LogP contribution in [0.15, 0.2) is 72.4 Å². The normalized spacial score (nSPS) is 11.9. The van der Waals surface area contributed by atoms with E-state index in [2.05, 4.69) is 22.1 Å². The SMILES string of the molecule is C=CCn1c(SCC(=O)c2ccccc2)nnc1[C@@H](NC(=O)c1ccc(C)cc1)C(C)C. The lowest BCUT2D eigenvalue weighted by atomic mass is 10.0. The average Bonchev–Trinajstić information content (AvgIpc) is 3.19. The summed E-state index contributed by atoms with van der Waals surface area (Å²) in [5.74, 6) is 0.848. The number of nitrogens with one attached hydrogen (secondary N) is 1. The van der Waals surface area contributed by atoms with E-state index in [4.69, 9.17) is 0 Å². The van der Waals surface area contributed by atoms with Crippen LogP contribution in [0, 0.1) is 12.8 Å². The van der Waals surface area contributed by atoms with Crippen molar-refractivity contribution in [2.24, 2.45) is 5.92 Å². The van der Waals surface area contributed by atoms with Crippen LogP contribution in [0.5, 0.6) is 0 Å². The Morgan fingerprint density at radius 2 is 1.75 bits per heavy atom. The Hall–Kier alpha value is -3.19. The number of carbonyl (C=O) groups is 2. The minimum Gasteiger partial charge on any atom is -0.342 e. The summed E-state index contributed by atoms with van der Waals surface area (Å²) in [5, 5.41) is 12.4. The van der Waals surface area contributed by atoms with Crippen molar-refractivity contribution in [3.05, 3.63) is 89.8 Å². The zero-order valence-corrected chi connectivity index (χ0v) is 19.4. The fraction of sp³-hybridized carbons (Fsp3) is 0.280. The second-order valence-corrected chi connectivity index (χ2v) is 8.82. The molecule has 3 aromatic rings. The number of nitrogens with zero attached hydrogens (tertiary/aromatic N) is 3. The minimum absolute atomic E-state index is 0.0263. The van der Waals surface area contributed by atoms with E-state index >= 15 is 0 Å². The molecule has 0 aliphatic carbocycles. The van der Waals surface area contributed by atoms with Gasteiger partial charge in [0, 0.05) is 17.7 Å². The van der Waals surface area contributed by atoms with E-state index in [0.29, 0.717) is 28.7 Å². The fourth-order valence-corrected chi connectivity index (χ4v) is 4.08. The molecule has 0 bridgehead atoms. The molecular formula is C25H28N4O2S. The van der Waals surface area contributed by atoms with E-state index in [-0.39, 0.29) is 29.4 Å². The number of rotatable bonds is 10. The van der Waals surface area contributed by atoms with E-state index < -0.39 is 0 Å². The summed E-state index contributed by atoms with van der Waals surface area (Å²) in [6.07, 6.45) is 1.76. The Morgan fingerprint density at radius 1 is 1.06 bits per heavy atom. The van der Waals surface area contributed by atoms with Crippen molar-refractivity contribution in [3.8, 4) is 0 Å². The second kappa shape index (κ2) is 10.9. The van der Waals surface area contributed by atoms with Gasteiger partial charge in [-0.25, -0.2) is 0 Å². The molecule has 6 nitrogen and oxygen atoms in total. The highest BCUT2D eigenvalue weighted by molar-refractivity contribution is 7.99. The van der Waals surface area contributed by atoms with E-state index in [9.17, 15) is 9.59 Å². The lowest BCUT2D eigenvalue weighted by molar-refractivity contribution is 0.0921. The Kier molecular flexibility index (Phi) is 8.00. The molecule has 7 heteroatoms. The van der Waals surface area contributed by atoms with Crippen molar-refractivity contribution in [2.45, 2.75) is 38.5 Å². The quantitative estimate of drug-likeness (QED) is 0.272. The first-order valence-corrected chi connectivity index (χ1v) is 11.5. The molecule has 1 aromatic heterocycles. The topological polar surface area (TPSA) is 76.9 Å². The lowest BCUT2D eigenvalue weighted by Gasteiger charge is -2.22. The predicted octanol–water partition coefficient (Wildman–Crippen LogP) is 4.87. The van der Waals surface area contributed by atoms with Crippen molar-refractivity contribution in [2.75, 3.05) is 5.75 Å². The fourth-order valence-electron chi connectivity index (χ4n) is 3.23. The molecule has 0 saturated carbocycles. The third-order valence-electron chi connectivity index (χ3n) is 5.03. The van der Waals surface area contributed by atoms with Crippen molar-refractivity contribution in [1.82, 2.24) is 20.1 Å². The molecule has 0 fully saturated rings. The van der Waals surface area contributed by atoms with E-state index in [1.807, 2.05) is 67.8 Å². The molecule has 1 N–H and O–H groups in total. The van der Waals surface area contributed by atoms with Crippen LogP contribution in [-0.2, 0) is 6.54 Å². The lowest BCUT2D eigenvalue weighted by Crippen LogP contribution is -2.33. The van der Waals surface area contributed by atoms with Crippen LogP contribution in [-0.4, -0.2) is 32.2 Å². The van der Waals surface area contributed by atoms with E-state index in [1.54, 1.807) is 18.2 Å². The van der Waals surface area contributed by atoms with Crippen LogP contribution in [0.25, 0.3) is 0 Å². The van der Waals surface area contributed by atoms with Crippen molar-refractivity contribution in [1.29, 1.82) is 0 Å². The number of thioether (sulfide) groups is 1. The first-order valence-electron chi connectivity index (χ1n) is 10.5. The number of benzene rings is 2. The molecule has 0 saturated heterocycles. The highest BCUT2D eigenvalue weighted by atomic mass is 32.2. The molecule has 1 heterocycles. The molecular weight excluding hydrogens is 420 g/mol. The van der Waals surface area contributed by atoms with Gasteiger partial charge in [0.25, 0.3) is 5.91 Å². The standard InChI is InChI=1S/C25H28N4O2S/c1-5-15-29-23(22(17(2)3)26-24(31)20-13-11-18(4)12-14-20)27-28-25(29)32-16-21(30)19-9-7-6-8-10-19/h5-14,17,22H,1,15-16H2,2-4H3,(H,26,31)/t22-/m0/s1. The van der Waals surface area contributed by atoms with Gasteiger partial charge in [-0.15, -0.1) is 16.8 Å². The van der Waals surface area contributed by atoms with Gasteiger partial charge in [-0.2, -0.15) is 0 Å². The molecule has 0 aliphatic heterocycles. The Balaban J connectivity index is 1.80. The zero-order chi connectivity index (χ0) is 23.1. The predicted molar refractivity (Wildman–Crippen MR) is 128 cm³/mol. The third-order valence-corrected chi connectivity index (χ3v) is 6.00. The average molecular weight is 449 g/mol. The molecule has 1 atom stereocenters. The summed E-state index contributed by atoms with van der Waals surface area (Å²) < 4.78 is 1.91. The maximum absolute atomic E-state index is 12.9. The maximum atomic E-state index is 12.9. The van der Waals surface area contributed by atoms with Crippen molar-refractivity contribution < 1.29 is 9.59 Å². The van der Waals surface area contributed by atoms with Gasteiger partial charge in [-0.1, -0.05) is 79.7 Å². The van der Waals surface area contributed by atoms with Crippen LogP contribution in [0.2, 0.25) is 0 Å². The smallest absolute Gasteiger partial charge is 0.251 e. The number of hydrogen-bond acceptors (Lipinski definition) is 5. The number of Topliss-reactive ketones (excluding diaryl/α,β-unsaturated/α-hetero) is 1. The van der Waals surface area contributed by atoms with Crippen LogP contribution in [0.4, 0.5) is 0 Å². The van der Waals surface area contributed by atoms with Crippen LogP contribution in [0.1, 0.15) is 52.0 Å². The van der Waals surface area contributed by atoms with Crippen LogP contribution in [0.3, 0.4) is 0 Å². The molecule has 32 heavy (non-hydrogen) atoms. The van der Waals surface area contributed by atoms with Crippen molar-refractivity contribution in [3.63, 3.8) is 0 Å². The molecule has 0 spiro atoms. The van der Waals surface area contributed by atoms with E-state index in [1.165, 1.54) is 11.8 Å². The first-order chi connectivity index (χ1) is 15.4. The number of hydrogen-bond donors (Lipinski definition) is 1. The molecule has 0 unspecified atom stereocenters. The summed E-state index contributed by atoms with van der Waals surface area (Å²) in [4.78, 5) is 25.4. The Bertz CT molecular complexity index is 1080. The van der Waals surface area contributed by atoms with E-state index in [0.717, 1.165) is 5.56 Å². The largest absolute Gasteiger partial charge is 0.342 e. The molecule has 2 aromatic carbocycles. The number of amides is 1. The molecule has 0 aliphatic rings. The Morgan fingerprint density at radius 3 is 2.38 bits per heavy atom. The monoisotopic (exact) mass is 448 g/mol. The number of allylic oxidation sites excluding steroid dienone is 1. The van der Waals surface area contributed by atoms with Gasteiger partial charge in [-0.3, -0.25) is 9.59 Å². The molecule has 1 amide bonds. The summed E-state index contributed by atoms with van der Waals surface area (Å²) in [7, 11) is 0. The van der Waals surface area contributed by atoms with Gasteiger partial charge in [0.1, 0.15) is 0 Å². The van der Waals surface area contributed by atoms with Gasteiger partial charge in [-0.05, 0) is 25.0 Å². The third kappa shape index (κ3) is 5.73. The number of aryl methyl sites for hydroxylation is 1. The Labute approximate surface area is 193 Å². The molecule has 3 rings (SSSR count). The maximum Gasteiger partial charge on any atom is 0.251 e. The highest BCUT2D eigenvalue weighted by Crippen LogP contribution is 2.26. The second-order valence-electron chi connectivity index (χ2n) is 7.88. The number of carbonyl (C=O) groups excluding carboxylic acids is 2. The van der Waals surface area contributed by atoms with Crippen molar-refractivity contribution >= 4 is 23.5 Å². The first kappa shape index (κ1) is 23.5. The minimum atomic E-state index is -0.338. The zero-order valence-electron chi connectivity index (χ0n) is 18.6. The van der Waals surface area contributed by atoms with Gasteiger partial charge < -0.3 is 9.88 Å². The molecule has 166 valence electrons. The summed E-state index contributed by atoms with van der Waals surface area (Å²) in [6, 6.07) is 16.3. The van der Waals surface area contributed by atoms with Crippen LogP contribution >= 0.6 is 11.8 Å². The van der Waals surface area contributed by atoms with Gasteiger partial charge in [0.15, 0.2) is 16.8 Å². The van der Waals surface area contributed by atoms with Crippen LogP contribution < -0.4 is 5.32 Å². The number of aromatic nitrogens is 3. The highest BCUT2D eigenvalue weighted by Gasteiger charge is 2.26. The van der Waals surface area contributed by atoms with Gasteiger partial charge in [0.05, 0.1) is 11.8 Å². The molecule has 0 radical (unpaired) electrons. The summed E-state index contributed by atoms with van der Waals surface area (Å²) >= 11 is 1.34. The summed E-state index contributed by atoms with van der Waals surface area (Å²) in [5.41, 5.74) is 2.36.